The average molecular weight is 341 g/mol. The molecule has 0 saturated carbocycles. The molecule has 1 aromatic heterocycles. The quantitative estimate of drug-likeness (QED) is 0.614. The molecule has 22 heavy (non-hydrogen) atoms. The lowest BCUT2D eigenvalue weighted by Crippen LogP contribution is -2.40. The lowest BCUT2D eigenvalue weighted by molar-refractivity contribution is 0.0223. The van der Waals surface area contributed by atoms with Crippen LogP contribution in [0, 0.1) is 0 Å². The fraction of sp³-hybridized carbons (Fsp3) is 0.625. The second-order valence-electron chi connectivity index (χ2n) is 6.32. The van der Waals surface area contributed by atoms with Crippen LogP contribution in [0.3, 0.4) is 0 Å². The first-order chi connectivity index (χ1) is 10.4. The average Bonchev–Trinajstić information content (AvgIpc) is 2.45. The van der Waals surface area contributed by atoms with E-state index in [1.54, 1.807) is 4.90 Å². The minimum absolute atomic E-state index is 0.238. The van der Waals surface area contributed by atoms with Crippen LogP contribution in [-0.2, 0) is 23.5 Å². The highest BCUT2D eigenvalue weighted by molar-refractivity contribution is 8.15. The van der Waals surface area contributed by atoms with Gasteiger partial charge < -0.3 is 9.64 Å². The first-order valence-corrected chi connectivity index (χ1v) is 9.96. The first kappa shape index (κ1) is 17.5. The molecule has 2 rings (SSSR count). The third-order valence-corrected chi connectivity index (χ3v) is 5.32. The number of aromatic nitrogens is 1. The summed E-state index contributed by atoms with van der Waals surface area (Å²) in [5.74, 6) is 0.948. The molecule has 0 spiro atoms. The lowest BCUT2D eigenvalue weighted by Gasteiger charge is -2.30. The van der Waals surface area contributed by atoms with Crippen molar-refractivity contribution in [1.82, 2.24) is 9.88 Å². The summed E-state index contributed by atoms with van der Waals surface area (Å²) >= 11 is 3.72. The Labute approximate surface area is 141 Å². The maximum Gasteiger partial charge on any atom is 0.410 e. The molecule has 1 aliphatic rings. The molecule has 4 nitrogen and oxygen atoms in total. The SMILES string of the molecule is CSCSCc1ccc2c(n1)CCN(C(=O)OC(C)(C)C)C2. The number of carbonyl (C=O) groups excluding carboxylic acids is 1. The van der Waals surface area contributed by atoms with Crippen molar-refractivity contribution in [3.8, 4) is 0 Å². The van der Waals surface area contributed by atoms with E-state index in [2.05, 4.69) is 18.4 Å². The number of pyridine rings is 1. The van der Waals surface area contributed by atoms with Crippen molar-refractivity contribution in [2.45, 2.75) is 45.1 Å². The molecule has 0 saturated heterocycles. The Bertz CT molecular complexity index is 529. The van der Waals surface area contributed by atoms with E-state index < -0.39 is 5.60 Å². The van der Waals surface area contributed by atoms with E-state index in [4.69, 9.17) is 9.72 Å². The molecule has 122 valence electrons. The Morgan fingerprint density at radius 2 is 2.18 bits per heavy atom. The van der Waals surface area contributed by atoms with Gasteiger partial charge in [0.15, 0.2) is 0 Å². The second-order valence-corrected chi connectivity index (χ2v) is 8.53. The van der Waals surface area contributed by atoms with Gasteiger partial charge in [0.2, 0.25) is 0 Å². The Morgan fingerprint density at radius 1 is 1.41 bits per heavy atom. The van der Waals surface area contributed by atoms with Crippen LogP contribution in [-0.4, -0.2) is 39.5 Å². The van der Waals surface area contributed by atoms with E-state index in [0.29, 0.717) is 13.1 Å². The number of rotatable bonds is 4. The van der Waals surface area contributed by atoms with Crippen molar-refractivity contribution < 1.29 is 9.53 Å². The molecule has 2 heterocycles. The summed E-state index contributed by atoms with van der Waals surface area (Å²) in [4.78, 5) is 18.6. The van der Waals surface area contributed by atoms with Crippen LogP contribution in [0.4, 0.5) is 4.79 Å². The van der Waals surface area contributed by atoms with Gasteiger partial charge in [0.1, 0.15) is 5.60 Å². The molecule has 0 fully saturated rings. The first-order valence-electron chi connectivity index (χ1n) is 7.41. The van der Waals surface area contributed by atoms with E-state index in [9.17, 15) is 4.79 Å². The summed E-state index contributed by atoms with van der Waals surface area (Å²) in [6.07, 6.45) is 2.67. The molecule has 0 aliphatic carbocycles. The Morgan fingerprint density at radius 3 is 2.86 bits per heavy atom. The van der Waals surface area contributed by atoms with Crippen molar-refractivity contribution in [1.29, 1.82) is 0 Å². The number of hydrogen-bond acceptors (Lipinski definition) is 5. The molecule has 0 bridgehead atoms. The molecule has 0 unspecified atom stereocenters. The minimum atomic E-state index is -0.450. The van der Waals surface area contributed by atoms with Crippen molar-refractivity contribution >= 4 is 29.6 Å². The van der Waals surface area contributed by atoms with Crippen LogP contribution < -0.4 is 0 Å². The topological polar surface area (TPSA) is 42.4 Å². The zero-order chi connectivity index (χ0) is 16.2. The van der Waals surface area contributed by atoms with Crippen LogP contribution >= 0.6 is 23.5 Å². The molecule has 1 aromatic rings. The Hall–Kier alpha value is -0.880. The van der Waals surface area contributed by atoms with Crippen molar-refractivity contribution in [3.63, 3.8) is 0 Å². The lowest BCUT2D eigenvalue weighted by atomic mass is 10.1. The maximum atomic E-state index is 12.1. The van der Waals surface area contributed by atoms with Gasteiger partial charge in [-0.2, -0.15) is 11.8 Å². The molecular formula is C16H24N2O2S2. The fourth-order valence-corrected chi connectivity index (χ4v) is 3.62. The number of hydrogen-bond donors (Lipinski definition) is 0. The summed E-state index contributed by atoms with van der Waals surface area (Å²) in [6, 6.07) is 4.18. The van der Waals surface area contributed by atoms with Gasteiger partial charge >= 0.3 is 6.09 Å². The zero-order valence-corrected chi connectivity index (χ0v) is 15.4. The van der Waals surface area contributed by atoms with Crippen LogP contribution in [0.1, 0.15) is 37.7 Å². The van der Waals surface area contributed by atoms with Gasteiger partial charge in [0, 0.05) is 29.5 Å². The van der Waals surface area contributed by atoms with Gasteiger partial charge in [-0.05, 0) is 38.7 Å². The molecule has 1 aliphatic heterocycles. The molecular weight excluding hydrogens is 316 g/mol. The van der Waals surface area contributed by atoms with Crippen molar-refractivity contribution in [2.24, 2.45) is 0 Å². The smallest absolute Gasteiger partial charge is 0.410 e. The van der Waals surface area contributed by atoms with Gasteiger partial charge in [0.25, 0.3) is 0 Å². The predicted octanol–water partition coefficient (Wildman–Crippen LogP) is 3.93. The molecule has 0 aromatic carbocycles. The van der Waals surface area contributed by atoms with Crippen molar-refractivity contribution in [3.05, 3.63) is 29.1 Å². The Balaban J connectivity index is 1.98. The maximum absolute atomic E-state index is 12.1. The highest BCUT2D eigenvalue weighted by Crippen LogP contribution is 2.22. The fourth-order valence-electron chi connectivity index (χ4n) is 2.25. The van der Waals surface area contributed by atoms with E-state index >= 15 is 0 Å². The summed E-state index contributed by atoms with van der Waals surface area (Å²) in [6.45, 7) is 6.94. The number of ether oxygens (including phenoxy) is 1. The monoisotopic (exact) mass is 340 g/mol. The normalized spacial score (nSPS) is 14.6. The third kappa shape index (κ3) is 5.09. The van der Waals surface area contributed by atoms with Gasteiger partial charge in [0.05, 0.1) is 12.2 Å². The molecule has 6 heteroatoms. The highest BCUT2D eigenvalue weighted by atomic mass is 32.2. The van der Waals surface area contributed by atoms with E-state index in [1.165, 1.54) is 0 Å². The van der Waals surface area contributed by atoms with Gasteiger partial charge in [-0.1, -0.05) is 6.07 Å². The summed E-state index contributed by atoms with van der Waals surface area (Å²) in [5, 5.41) is 1.09. The van der Waals surface area contributed by atoms with Crippen LogP contribution in [0.15, 0.2) is 12.1 Å². The van der Waals surface area contributed by atoms with Crippen molar-refractivity contribution in [2.75, 3.05) is 17.9 Å². The molecule has 0 N–H and O–H groups in total. The van der Waals surface area contributed by atoms with Crippen LogP contribution in [0.5, 0.6) is 0 Å². The molecule has 0 atom stereocenters. The number of fused-ring (bicyclic) bond motifs is 1. The highest BCUT2D eigenvalue weighted by Gasteiger charge is 2.26. The molecule has 0 radical (unpaired) electrons. The number of thioether (sulfide) groups is 2. The van der Waals surface area contributed by atoms with Crippen LogP contribution in [0.2, 0.25) is 0 Å². The van der Waals surface area contributed by atoms with Gasteiger partial charge in [-0.3, -0.25) is 4.98 Å². The third-order valence-electron chi connectivity index (χ3n) is 3.21. The number of amides is 1. The van der Waals surface area contributed by atoms with E-state index in [1.807, 2.05) is 44.3 Å². The Kier molecular flexibility index (Phi) is 6.03. The number of nitrogens with zero attached hydrogens (tertiary/aromatic N) is 2. The zero-order valence-electron chi connectivity index (χ0n) is 13.7. The van der Waals surface area contributed by atoms with Gasteiger partial charge in [-0.25, -0.2) is 4.79 Å². The number of carbonyl (C=O) groups is 1. The largest absolute Gasteiger partial charge is 0.444 e. The predicted molar refractivity (Wildman–Crippen MR) is 94.3 cm³/mol. The van der Waals surface area contributed by atoms with E-state index in [-0.39, 0.29) is 6.09 Å². The minimum Gasteiger partial charge on any atom is -0.444 e. The second kappa shape index (κ2) is 7.59. The summed E-state index contributed by atoms with van der Waals surface area (Å²) in [5.41, 5.74) is 2.94. The standard InChI is InChI=1S/C16H24N2O2S2/c1-16(2,3)20-15(19)18-8-7-14-12(9-18)5-6-13(17-14)10-22-11-21-4/h5-6H,7-11H2,1-4H3. The van der Waals surface area contributed by atoms with Crippen LogP contribution in [0.25, 0.3) is 0 Å². The summed E-state index contributed by atoms with van der Waals surface area (Å²) in [7, 11) is 0. The van der Waals surface area contributed by atoms with Gasteiger partial charge in [-0.15, -0.1) is 11.8 Å². The van der Waals surface area contributed by atoms with E-state index in [0.717, 1.165) is 34.2 Å². The molecule has 1 amide bonds. The summed E-state index contributed by atoms with van der Waals surface area (Å²) < 4.78 is 5.44.